The van der Waals surface area contributed by atoms with E-state index >= 15 is 0 Å². The summed E-state index contributed by atoms with van der Waals surface area (Å²) < 4.78 is 58.3. The van der Waals surface area contributed by atoms with Crippen LogP contribution in [0.3, 0.4) is 0 Å². The van der Waals surface area contributed by atoms with E-state index in [0.29, 0.717) is 34.4 Å². The molecule has 0 atom stereocenters. The Morgan fingerprint density at radius 3 is 2.72 bits per heavy atom. The number of nitrogens with zero attached hydrogens (tertiary/aromatic N) is 3. The fourth-order valence-corrected chi connectivity index (χ4v) is 2.95. The third-order valence-corrected chi connectivity index (χ3v) is 4.40. The maximum absolute atomic E-state index is 13.5. The highest BCUT2D eigenvalue weighted by atomic mass is 19.4. The highest BCUT2D eigenvalue weighted by Crippen LogP contribution is 2.30. The highest BCUT2D eigenvalue weighted by Gasteiger charge is 2.32. The number of H-pyrrole nitrogens is 1. The van der Waals surface area contributed by atoms with Gasteiger partial charge in [0.2, 0.25) is 0 Å². The van der Waals surface area contributed by atoms with Gasteiger partial charge in [0.1, 0.15) is 11.6 Å². The van der Waals surface area contributed by atoms with Crippen molar-refractivity contribution in [1.29, 1.82) is 0 Å². The number of aromatic nitrogens is 4. The van der Waals surface area contributed by atoms with Crippen molar-refractivity contribution in [2.45, 2.75) is 12.7 Å². The quantitative estimate of drug-likeness (QED) is 0.479. The smallest absolute Gasteiger partial charge is 0.419 e. The van der Waals surface area contributed by atoms with E-state index in [1.807, 2.05) is 0 Å². The second-order valence-corrected chi connectivity index (χ2v) is 6.29. The molecule has 0 unspecified atom stereocenters. The van der Waals surface area contributed by atoms with Gasteiger partial charge >= 0.3 is 6.18 Å². The van der Waals surface area contributed by atoms with Crippen LogP contribution in [0.1, 0.15) is 11.1 Å². The first-order chi connectivity index (χ1) is 13.8. The fourth-order valence-electron chi connectivity index (χ4n) is 2.95. The van der Waals surface area contributed by atoms with E-state index in [2.05, 4.69) is 20.6 Å². The number of anilines is 1. The molecule has 0 amide bonds. The lowest BCUT2D eigenvalue weighted by atomic mass is 10.1. The zero-order valence-corrected chi connectivity index (χ0v) is 15.1. The molecule has 2 aromatic heterocycles. The molecule has 0 spiro atoms. The summed E-state index contributed by atoms with van der Waals surface area (Å²) in [6.07, 6.45) is -2.85. The third kappa shape index (κ3) is 3.73. The lowest BCUT2D eigenvalue weighted by Crippen LogP contribution is -2.03. The Hall–Kier alpha value is -3.56. The predicted octanol–water partition coefficient (Wildman–Crippen LogP) is 4.53. The van der Waals surface area contributed by atoms with Crippen LogP contribution in [0.25, 0.3) is 16.7 Å². The van der Waals surface area contributed by atoms with Crippen molar-refractivity contribution in [1.82, 2.24) is 20.0 Å². The van der Waals surface area contributed by atoms with Crippen molar-refractivity contribution in [3.8, 4) is 11.6 Å². The maximum Gasteiger partial charge on any atom is 0.419 e. The van der Waals surface area contributed by atoms with Gasteiger partial charge in [-0.25, -0.2) is 9.07 Å². The summed E-state index contributed by atoms with van der Waals surface area (Å²) >= 11 is 0. The van der Waals surface area contributed by atoms with Gasteiger partial charge in [-0.3, -0.25) is 5.10 Å². The molecule has 0 fully saturated rings. The first kappa shape index (κ1) is 18.8. The van der Waals surface area contributed by atoms with Gasteiger partial charge in [0.05, 0.1) is 24.4 Å². The van der Waals surface area contributed by atoms with Gasteiger partial charge in [-0.05, 0) is 36.4 Å². The van der Waals surface area contributed by atoms with Gasteiger partial charge in [0.15, 0.2) is 5.82 Å². The zero-order valence-electron chi connectivity index (χ0n) is 15.1. The van der Waals surface area contributed by atoms with E-state index in [4.69, 9.17) is 4.74 Å². The van der Waals surface area contributed by atoms with Crippen LogP contribution in [-0.4, -0.2) is 27.1 Å². The van der Waals surface area contributed by atoms with Crippen LogP contribution < -0.4 is 10.1 Å². The Labute approximate surface area is 162 Å². The number of benzene rings is 2. The summed E-state index contributed by atoms with van der Waals surface area (Å²) in [5, 5.41) is 14.3. The summed E-state index contributed by atoms with van der Waals surface area (Å²) in [6.45, 7) is 0.291. The van der Waals surface area contributed by atoms with Gasteiger partial charge in [-0.15, -0.1) is 0 Å². The Morgan fingerprint density at radius 2 is 2.00 bits per heavy atom. The Balaban J connectivity index is 1.62. The van der Waals surface area contributed by atoms with Gasteiger partial charge in [0, 0.05) is 29.4 Å². The van der Waals surface area contributed by atoms with Crippen molar-refractivity contribution in [3.63, 3.8) is 0 Å². The Kier molecular flexibility index (Phi) is 4.61. The van der Waals surface area contributed by atoms with Crippen LogP contribution in [0.2, 0.25) is 0 Å². The van der Waals surface area contributed by atoms with E-state index in [0.717, 1.165) is 17.1 Å². The van der Waals surface area contributed by atoms with E-state index in [1.54, 1.807) is 24.3 Å². The number of aromatic amines is 1. The molecule has 6 nitrogen and oxygen atoms in total. The lowest BCUT2D eigenvalue weighted by molar-refractivity contribution is -0.137. The van der Waals surface area contributed by atoms with Crippen LogP contribution >= 0.6 is 0 Å². The number of rotatable bonds is 5. The molecular weight excluding hydrogens is 390 g/mol. The second kappa shape index (κ2) is 7.12. The first-order valence-electron chi connectivity index (χ1n) is 8.52. The van der Waals surface area contributed by atoms with Crippen LogP contribution in [0.4, 0.5) is 23.2 Å². The number of fused-ring (bicyclic) bond motifs is 1. The van der Waals surface area contributed by atoms with Crippen molar-refractivity contribution in [2.75, 3.05) is 12.4 Å². The van der Waals surface area contributed by atoms with Gasteiger partial charge in [0.25, 0.3) is 0 Å². The minimum Gasteiger partial charge on any atom is -0.496 e. The maximum atomic E-state index is 13.5. The summed E-state index contributed by atoms with van der Waals surface area (Å²) in [5.74, 6) is 0.400. The van der Waals surface area contributed by atoms with Crippen molar-refractivity contribution >= 4 is 16.6 Å². The molecular formula is C19H15F4N5O. The summed E-state index contributed by atoms with van der Waals surface area (Å²) in [5.41, 5.74) is 1.08. The number of nitrogens with one attached hydrogen (secondary N) is 2. The molecule has 10 heteroatoms. The minimum atomic E-state index is -4.49. The highest BCUT2D eigenvalue weighted by molar-refractivity contribution is 5.88. The number of alkyl halides is 3. The number of methoxy groups -OCH3 is 1. The molecule has 2 N–H and O–H groups in total. The van der Waals surface area contributed by atoms with Crippen molar-refractivity contribution in [3.05, 3.63) is 65.7 Å². The molecule has 0 aliphatic heterocycles. The molecule has 0 aliphatic rings. The van der Waals surface area contributed by atoms with E-state index in [9.17, 15) is 17.6 Å². The van der Waals surface area contributed by atoms with Crippen LogP contribution in [-0.2, 0) is 12.7 Å². The van der Waals surface area contributed by atoms with Crippen molar-refractivity contribution < 1.29 is 22.3 Å². The summed E-state index contributed by atoms with van der Waals surface area (Å²) in [7, 11) is 1.50. The predicted molar refractivity (Wildman–Crippen MR) is 98.5 cm³/mol. The molecule has 0 radical (unpaired) electrons. The van der Waals surface area contributed by atoms with Gasteiger partial charge < -0.3 is 10.1 Å². The number of hydrogen-bond donors (Lipinski definition) is 2. The number of ether oxygens (including phenoxy) is 1. The average molecular weight is 405 g/mol. The second-order valence-electron chi connectivity index (χ2n) is 6.29. The van der Waals surface area contributed by atoms with Gasteiger partial charge in [-0.2, -0.15) is 23.4 Å². The fraction of sp³-hybridized carbons (Fsp3) is 0.158. The molecule has 150 valence electrons. The Bertz CT molecular complexity index is 1170. The normalized spacial score (nSPS) is 11.8. The van der Waals surface area contributed by atoms with E-state index in [1.165, 1.54) is 19.2 Å². The monoisotopic (exact) mass is 405 g/mol. The molecule has 2 heterocycles. The largest absolute Gasteiger partial charge is 0.496 e. The first-order valence-corrected chi connectivity index (χ1v) is 8.52. The third-order valence-electron chi connectivity index (χ3n) is 4.40. The van der Waals surface area contributed by atoms with E-state index < -0.39 is 11.7 Å². The molecule has 0 bridgehead atoms. The van der Waals surface area contributed by atoms with Gasteiger partial charge in [-0.1, -0.05) is 0 Å². The topological polar surface area (TPSA) is 67.8 Å². The Morgan fingerprint density at radius 1 is 1.17 bits per heavy atom. The molecule has 0 saturated carbocycles. The van der Waals surface area contributed by atoms with E-state index in [-0.39, 0.29) is 11.6 Å². The molecule has 4 aromatic rings. The molecule has 2 aromatic carbocycles. The van der Waals surface area contributed by atoms with Crippen LogP contribution in [0.15, 0.2) is 48.8 Å². The average Bonchev–Trinajstić information content (AvgIpc) is 3.32. The standard InChI is InChI=1S/C19H15F4N5O/c1-29-17-5-2-13(20)6-11(17)8-24-14-3-4-16-15(7-14)18(27-26-16)28-10-12(9-25-28)19(21,22)23/h2-7,9-10,24H,8H2,1H3,(H,26,27). The molecule has 4 rings (SSSR count). The minimum absolute atomic E-state index is 0.238. The molecule has 0 saturated heterocycles. The number of halogens is 4. The zero-order chi connectivity index (χ0) is 20.6. The molecule has 0 aliphatic carbocycles. The molecule has 29 heavy (non-hydrogen) atoms. The van der Waals surface area contributed by atoms with Crippen LogP contribution in [0.5, 0.6) is 5.75 Å². The number of hydrogen-bond acceptors (Lipinski definition) is 4. The van der Waals surface area contributed by atoms with Crippen LogP contribution in [0, 0.1) is 5.82 Å². The SMILES string of the molecule is COc1ccc(F)cc1CNc1ccc2[nH]nc(-n3cc(C(F)(F)F)cn3)c2c1. The summed E-state index contributed by atoms with van der Waals surface area (Å²) in [4.78, 5) is 0. The summed E-state index contributed by atoms with van der Waals surface area (Å²) in [6, 6.07) is 9.47. The van der Waals surface area contributed by atoms with Crippen molar-refractivity contribution in [2.24, 2.45) is 0 Å². The lowest BCUT2D eigenvalue weighted by Gasteiger charge is -2.11.